The summed E-state index contributed by atoms with van der Waals surface area (Å²) in [5, 5.41) is 7.91. The van der Waals surface area contributed by atoms with Crippen LogP contribution in [0.15, 0.2) is 195 Å². The lowest BCUT2D eigenvalue weighted by Gasteiger charge is -2.50. The summed E-state index contributed by atoms with van der Waals surface area (Å²) < 4.78 is 2.47. The van der Waals surface area contributed by atoms with Gasteiger partial charge in [0.25, 0.3) is 0 Å². The van der Waals surface area contributed by atoms with Crippen LogP contribution in [0.25, 0.3) is 38.6 Å². The van der Waals surface area contributed by atoms with Gasteiger partial charge in [-0.05, 0) is 82.5 Å². The van der Waals surface area contributed by atoms with Gasteiger partial charge in [-0.15, -0.1) is 0 Å². The van der Waals surface area contributed by atoms with E-state index in [2.05, 4.69) is 209 Å². The van der Waals surface area contributed by atoms with Crippen molar-refractivity contribution in [2.24, 2.45) is 0 Å². The van der Waals surface area contributed by atoms with Gasteiger partial charge in [-0.25, -0.2) is 9.97 Å². The summed E-state index contributed by atoms with van der Waals surface area (Å²) in [6.07, 6.45) is 10.4. The van der Waals surface area contributed by atoms with Crippen molar-refractivity contribution in [2.75, 3.05) is 4.90 Å². The van der Waals surface area contributed by atoms with Crippen LogP contribution in [0.5, 0.6) is 0 Å². The fraction of sp³-hybridized carbons (Fsp3) is 0.148. The van der Waals surface area contributed by atoms with E-state index in [-0.39, 0.29) is 11.0 Å². The van der Waals surface area contributed by atoms with E-state index in [4.69, 9.17) is 0 Å². The molecule has 11 rings (SSSR count). The number of anilines is 2. The molecule has 9 aromatic rings. The van der Waals surface area contributed by atoms with Gasteiger partial charge in [0.1, 0.15) is 6.33 Å². The van der Waals surface area contributed by atoms with Crippen molar-refractivity contribution in [3.05, 3.63) is 200 Å². The summed E-state index contributed by atoms with van der Waals surface area (Å²) >= 11 is 0. The second kappa shape index (κ2) is 13.8. The molecule has 59 heavy (non-hydrogen) atoms. The van der Waals surface area contributed by atoms with E-state index in [1.807, 2.05) is 12.4 Å². The molecule has 4 nitrogen and oxygen atoms in total. The molecule has 5 heteroatoms. The smallest absolute Gasteiger partial charge is 0.179 e. The topological polar surface area (TPSA) is 34.0 Å². The number of para-hydroxylation sites is 2. The molecule has 0 N–H and O–H groups in total. The minimum absolute atomic E-state index is 0.0179. The van der Waals surface area contributed by atoms with E-state index >= 15 is 0 Å². The molecule has 0 bridgehead atoms. The van der Waals surface area contributed by atoms with Crippen LogP contribution in [-0.4, -0.2) is 28.1 Å². The van der Waals surface area contributed by atoms with E-state index in [1.54, 1.807) is 6.33 Å². The number of hydrogen-bond donors (Lipinski definition) is 0. The van der Waals surface area contributed by atoms with Crippen molar-refractivity contribution in [1.29, 1.82) is 0 Å². The van der Waals surface area contributed by atoms with Crippen LogP contribution in [0.4, 0.5) is 11.4 Å². The van der Waals surface area contributed by atoms with Gasteiger partial charge in [0.15, 0.2) is 8.07 Å². The Balaban J connectivity index is 1.14. The van der Waals surface area contributed by atoms with Gasteiger partial charge in [-0.1, -0.05) is 159 Å². The summed E-state index contributed by atoms with van der Waals surface area (Å²) in [6, 6.07) is 66.1. The Morgan fingerprint density at radius 1 is 0.525 bits per heavy atom. The van der Waals surface area contributed by atoms with Gasteiger partial charge in [0.05, 0.1) is 16.6 Å². The highest BCUT2D eigenvalue weighted by atomic mass is 28.3. The van der Waals surface area contributed by atoms with Crippen LogP contribution in [-0.2, 0) is 5.41 Å². The molecule has 2 atom stereocenters. The molecule has 0 amide bonds. The van der Waals surface area contributed by atoms with Gasteiger partial charge in [0.2, 0.25) is 0 Å². The molecule has 2 unspecified atom stereocenters. The van der Waals surface area contributed by atoms with Crippen molar-refractivity contribution in [1.82, 2.24) is 14.5 Å². The molecule has 1 fully saturated rings. The van der Waals surface area contributed by atoms with Crippen LogP contribution in [0, 0.1) is 0 Å². The first-order valence-corrected chi connectivity index (χ1v) is 23.0. The monoisotopic (exact) mass is 778 g/mol. The minimum Gasteiger partial charge on any atom is -0.334 e. The number of hydrogen-bond acceptors (Lipinski definition) is 3. The number of nitrogens with zero attached hydrogens (tertiary/aromatic N) is 4. The first-order chi connectivity index (χ1) is 29.0. The number of fused-ring (bicyclic) bond motifs is 6. The van der Waals surface area contributed by atoms with Crippen molar-refractivity contribution >= 4 is 62.0 Å². The fourth-order valence-corrected chi connectivity index (χ4v) is 15.9. The SMILES string of the molecule is CC12CCCCC1(C)N(c1ccc3c(c1)c1cccc(-c4cncnc4)c1n3-c1ccc([Si](c3ccccc3)(c3ccccc3)c3ccccc3)cc1)c1ccccc12. The second-order valence-electron chi connectivity index (χ2n) is 16.9. The Morgan fingerprint density at radius 2 is 1.10 bits per heavy atom. The Morgan fingerprint density at radius 3 is 1.76 bits per heavy atom. The number of rotatable bonds is 7. The Bertz CT molecular complexity index is 2870. The average Bonchev–Trinajstić information content (AvgIpc) is 3.74. The Kier molecular flexibility index (Phi) is 8.31. The summed E-state index contributed by atoms with van der Waals surface area (Å²) in [6.45, 7) is 5.02. The highest BCUT2D eigenvalue weighted by Gasteiger charge is 2.57. The molecule has 1 aliphatic heterocycles. The highest BCUT2D eigenvalue weighted by Crippen LogP contribution is 2.61. The zero-order chi connectivity index (χ0) is 39.6. The molecule has 286 valence electrons. The summed E-state index contributed by atoms with van der Waals surface area (Å²) in [5.41, 5.74) is 9.75. The van der Waals surface area contributed by atoms with Gasteiger partial charge >= 0.3 is 0 Å². The first kappa shape index (κ1) is 35.6. The van der Waals surface area contributed by atoms with E-state index in [9.17, 15) is 0 Å². The minimum atomic E-state index is -2.69. The largest absolute Gasteiger partial charge is 0.334 e. The van der Waals surface area contributed by atoms with E-state index in [0.717, 1.165) is 22.3 Å². The number of benzene rings is 7. The molecule has 1 saturated carbocycles. The third kappa shape index (κ3) is 5.20. The molecule has 0 saturated heterocycles. The maximum atomic E-state index is 4.47. The number of aromatic nitrogens is 3. The quantitative estimate of drug-likeness (QED) is 0.119. The molecule has 2 aromatic heterocycles. The molecule has 7 aromatic carbocycles. The normalized spacial score (nSPS) is 18.8. The third-order valence-corrected chi connectivity index (χ3v) is 18.9. The summed E-state index contributed by atoms with van der Waals surface area (Å²) in [5.74, 6) is 0. The summed E-state index contributed by atoms with van der Waals surface area (Å²) in [4.78, 5) is 11.6. The van der Waals surface area contributed by atoms with Crippen molar-refractivity contribution in [2.45, 2.75) is 50.5 Å². The van der Waals surface area contributed by atoms with Crippen molar-refractivity contribution < 1.29 is 0 Å². The third-order valence-electron chi connectivity index (χ3n) is 14.1. The van der Waals surface area contributed by atoms with E-state index in [1.165, 1.54) is 79.7 Å². The van der Waals surface area contributed by atoms with Crippen molar-refractivity contribution in [3.8, 4) is 16.8 Å². The van der Waals surface area contributed by atoms with Crippen LogP contribution in [0.1, 0.15) is 45.1 Å². The van der Waals surface area contributed by atoms with Gasteiger partial charge in [-0.2, -0.15) is 0 Å². The molecule has 0 radical (unpaired) electrons. The lowest BCUT2D eigenvalue weighted by molar-refractivity contribution is 0.195. The van der Waals surface area contributed by atoms with E-state index < -0.39 is 8.07 Å². The van der Waals surface area contributed by atoms with Crippen LogP contribution < -0.4 is 25.6 Å². The van der Waals surface area contributed by atoms with Crippen LogP contribution in [0.3, 0.4) is 0 Å². The standard InChI is InChI=1S/C54H46N4Si/c1-53-33-14-15-34-54(53,2)58(51-26-13-12-25-49(51)53)41-29-32-50-48(35-41)47-24-16-23-46(39-36-55-38-56-37-39)52(47)57(50)40-27-30-45(31-28-40)59(42-17-6-3-7-18-42,43-19-8-4-9-20-43)44-21-10-5-11-22-44/h3-13,16-32,35-38H,14-15,33-34H2,1-2H3. The molecular weight excluding hydrogens is 733 g/mol. The second-order valence-corrected chi connectivity index (χ2v) is 20.7. The maximum absolute atomic E-state index is 4.47. The molecule has 2 aliphatic rings. The fourth-order valence-electron chi connectivity index (χ4n) is 11.2. The molecular formula is C54H46N4Si. The zero-order valence-electron chi connectivity index (χ0n) is 33.6. The van der Waals surface area contributed by atoms with Gasteiger partial charge in [-0.3, -0.25) is 0 Å². The Labute approximate surface area is 347 Å². The lowest BCUT2D eigenvalue weighted by atomic mass is 9.61. The van der Waals surface area contributed by atoms with Crippen LogP contribution in [0.2, 0.25) is 0 Å². The van der Waals surface area contributed by atoms with Crippen LogP contribution >= 0.6 is 0 Å². The maximum Gasteiger partial charge on any atom is 0.179 e. The van der Waals surface area contributed by atoms with E-state index in [0.29, 0.717) is 0 Å². The molecule has 3 heterocycles. The zero-order valence-corrected chi connectivity index (χ0v) is 34.6. The molecule has 0 spiro atoms. The average molecular weight is 779 g/mol. The highest BCUT2D eigenvalue weighted by molar-refractivity contribution is 7.19. The lowest BCUT2D eigenvalue weighted by Crippen LogP contribution is -2.74. The van der Waals surface area contributed by atoms with Gasteiger partial charge < -0.3 is 9.47 Å². The predicted molar refractivity (Wildman–Crippen MR) is 248 cm³/mol. The predicted octanol–water partition coefficient (Wildman–Crippen LogP) is 10.4. The van der Waals surface area contributed by atoms with Crippen molar-refractivity contribution in [3.63, 3.8) is 0 Å². The first-order valence-electron chi connectivity index (χ1n) is 21.0. The summed E-state index contributed by atoms with van der Waals surface area (Å²) in [7, 11) is -2.69. The van der Waals surface area contributed by atoms with Gasteiger partial charge in [0, 0.05) is 56.8 Å². The molecule has 1 aliphatic carbocycles. The Hall–Kier alpha value is -6.56.